The Morgan fingerprint density at radius 3 is 2.42 bits per heavy atom. The van der Waals surface area contributed by atoms with Gasteiger partial charge in [-0.25, -0.2) is 4.79 Å². The van der Waals surface area contributed by atoms with Crippen LogP contribution in [0.25, 0.3) is 0 Å². The molecule has 0 atom stereocenters. The number of rotatable bonds is 6. The lowest BCUT2D eigenvalue weighted by atomic mass is 10.0. The molecular weight excluding hydrogens is 390 g/mol. The first-order chi connectivity index (χ1) is 14.9. The van der Waals surface area contributed by atoms with E-state index in [1.54, 1.807) is 0 Å². The van der Waals surface area contributed by atoms with E-state index in [2.05, 4.69) is 17.4 Å². The van der Waals surface area contributed by atoms with E-state index in [9.17, 15) is 4.79 Å². The molecule has 1 aliphatic rings. The number of carbonyl (C=O) groups excluding carboxylic acids is 1. The van der Waals surface area contributed by atoms with Crippen molar-refractivity contribution in [2.24, 2.45) is 0 Å². The molecule has 0 amide bonds. The topological polar surface area (TPSA) is 56.8 Å². The van der Waals surface area contributed by atoms with Gasteiger partial charge in [0.15, 0.2) is 11.5 Å². The fourth-order valence-corrected chi connectivity index (χ4v) is 3.42. The minimum atomic E-state index is -0.570. The van der Waals surface area contributed by atoms with Crippen molar-refractivity contribution in [2.75, 3.05) is 12.1 Å². The van der Waals surface area contributed by atoms with E-state index in [0.29, 0.717) is 17.0 Å². The summed E-state index contributed by atoms with van der Waals surface area (Å²) in [5.74, 6) is 1.05. The first kappa shape index (κ1) is 20.8. The molecule has 0 spiro atoms. The van der Waals surface area contributed by atoms with Crippen LogP contribution in [0.1, 0.15) is 42.3 Å². The van der Waals surface area contributed by atoms with Crippen LogP contribution in [0, 0.1) is 0 Å². The highest BCUT2D eigenvalue weighted by Crippen LogP contribution is 2.36. The number of aryl methyl sites for hydroxylation is 2. The van der Waals surface area contributed by atoms with Crippen molar-refractivity contribution in [1.29, 1.82) is 0 Å². The monoisotopic (exact) mass is 417 g/mol. The van der Waals surface area contributed by atoms with E-state index in [-0.39, 0.29) is 12.8 Å². The second-order valence-electron chi connectivity index (χ2n) is 8.56. The Bertz CT molecular complexity index is 1070. The van der Waals surface area contributed by atoms with Crippen LogP contribution in [0.4, 0.5) is 11.4 Å². The molecule has 160 valence electrons. The normalized spacial score (nSPS) is 12.5. The lowest BCUT2D eigenvalue weighted by molar-refractivity contribution is 0.00707. The maximum Gasteiger partial charge on any atom is 0.340 e. The molecule has 31 heavy (non-hydrogen) atoms. The number of carbonyl (C=O) groups is 1. The third-order valence-corrected chi connectivity index (χ3v) is 4.90. The summed E-state index contributed by atoms with van der Waals surface area (Å²) in [5, 5.41) is 3.37. The van der Waals surface area contributed by atoms with Crippen LogP contribution in [0.15, 0.2) is 66.7 Å². The zero-order valence-corrected chi connectivity index (χ0v) is 18.1. The van der Waals surface area contributed by atoms with Crippen molar-refractivity contribution in [3.8, 4) is 11.5 Å². The molecule has 4 rings (SSSR count). The van der Waals surface area contributed by atoms with Gasteiger partial charge in [0.1, 0.15) is 5.60 Å². The van der Waals surface area contributed by atoms with Crippen molar-refractivity contribution in [3.63, 3.8) is 0 Å². The van der Waals surface area contributed by atoms with Crippen LogP contribution in [-0.2, 0) is 17.6 Å². The van der Waals surface area contributed by atoms with E-state index >= 15 is 0 Å². The number of fused-ring (bicyclic) bond motifs is 1. The molecule has 1 N–H and O–H groups in total. The molecule has 3 aromatic rings. The number of nitrogens with one attached hydrogen (secondary N) is 1. The second-order valence-corrected chi connectivity index (χ2v) is 8.56. The van der Waals surface area contributed by atoms with Crippen LogP contribution in [0.5, 0.6) is 11.5 Å². The molecule has 0 radical (unpaired) electrons. The van der Waals surface area contributed by atoms with E-state index in [4.69, 9.17) is 14.2 Å². The molecule has 0 saturated carbocycles. The molecule has 0 aromatic heterocycles. The highest BCUT2D eigenvalue weighted by Gasteiger charge is 2.21. The summed E-state index contributed by atoms with van der Waals surface area (Å²) in [6, 6.07) is 21.9. The Morgan fingerprint density at radius 2 is 1.65 bits per heavy atom. The molecule has 0 aliphatic carbocycles. The maximum atomic E-state index is 12.8. The first-order valence-electron chi connectivity index (χ1n) is 10.4. The van der Waals surface area contributed by atoms with Crippen molar-refractivity contribution >= 4 is 17.3 Å². The summed E-state index contributed by atoms with van der Waals surface area (Å²) < 4.78 is 16.5. The number of hydrogen-bond donors (Lipinski definition) is 1. The van der Waals surface area contributed by atoms with Crippen molar-refractivity contribution in [1.82, 2.24) is 0 Å². The predicted molar refractivity (Wildman–Crippen MR) is 121 cm³/mol. The fraction of sp³-hybridized carbons (Fsp3) is 0.269. The van der Waals surface area contributed by atoms with Crippen LogP contribution in [0.3, 0.4) is 0 Å². The van der Waals surface area contributed by atoms with Gasteiger partial charge in [-0.3, -0.25) is 0 Å². The van der Waals surface area contributed by atoms with Crippen molar-refractivity contribution < 1.29 is 19.0 Å². The Labute approximate surface area is 183 Å². The predicted octanol–water partition coefficient (Wildman–Crippen LogP) is 5.90. The van der Waals surface area contributed by atoms with Gasteiger partial charge in [-0.15, -0.1) is 0 Å². The minimum Gasteiger partial charge on any atom is -0.456 e. The van der Waals surface area contributed by atoms with Gasteiger partial charge in [0.05, 0.1) is 11.3 Å². The fourth-order valence-electron chi connectivity index (χ4n) is 3.42. The van der Waals surface area contributed by atoms with Gasteiger partial charge in [-0.2, -0.15) is 0 Å². The van der Waals surface area contributed by atoms with Crippen LogP contribution < -0.4 is 14.8 Å². The van der Waals surface area contributed by atoms with Gasteiger partial charge in [-0.1, -0.05) is 36.4 Å². The average Bonchev–Trinajstić information content (AvgIpc) is 3.20. The summed E-state index contributed by atoms with van der Waals surface area (Å²) >= 11 is 0. The highest BCUT2D eigenvalue weighted by molar-refractivity contribution is 5.97. The molecule has 1 heterocycles. The number of hydrogen-bond acceptors (Lipinski definition) is 5. The molecule has 0 fully saturated rings. The summed E-state index contributed by atoms with van der Waals surface area (Å²) in [7, 11) is 0. The smallest absolute Gasteiger partial charge is 0.340 e. The second kappa shape index (κ2) is 8.72. The molecule has 1 aliphatic heterocycles. The minimum absolute atomic E-state index is 0.219. The molecule has 0 saturated heterocycles. The standard InChI is InChI=1S/C26H27NO4/c1-26(2,3)31-25(28)21-13-11-19(10-9-18-7-5-4-6-8-18)15-22(21)27-20-12-14-23-24(16-20)30-17-29-23/h4-8,11-16,27H,9-10,17H2,1-3H3. The van der Waals surface area contributed by atoms with E-state index < -0.39 is 5.60 Å². The summed E-state index contributed by atoms with van der Waals surface area (Å²) in [4.78, 5) is 12.8. The molecule has 5 nitrogen and oxygen atoms in total. The Morgan fingerprint density at radius 1 is 0.903 bits per heavy atom. The van der Waals surface area contributed by atoms with Crippen molar-refractivity contribution in [2.45, 2.75) is 39.2 Å². The maximum absolute atomic E-state index is 12.8. The summed E-state index contributed by atoms with van der Waals surface area (Å²) in [6.07, 6.45) is 1.80. The van der Waals surface area contributed by atoms with Gasteiger partial charge < -0.3 is 19.5 Å². The van der Waals surface area contributed by atoms with Gasteiger partial charge >= 0.3 is 5.97 Å². The van der Waals surface area contributed by atoms with Gasteiger partial charge in [0, 0.05) is 11.8 Å². The Kier molecular flexibility index (Phi) is 5.85. The largest absolute Gasteiger partial charge is 0.456 e. The van der Waals surface area contributed by atoms with E-state index in [0.717, 1.165) is 29.8 Å². The molecule has 3 aromatic carbocycles. The Balaban J connectivity index is 1.60. The Hall–Kier alpha value is -3.47. The summed E-state index contributed by atoms with van der Waals surface area (Å²) in [6.45, 7) is 5.81. The zero-order valence-electron chi connectivity index (χ0n) is 18.1. The summed E-state index contributed by atoms with van der Waals surface area (Å²) in [5.41, 5.74) is 3.87. The van der Waals surface area contributed by atoms with E-state index in [1.807, 2.05) is 75.4 Å². The van der Waals surface area contributed by atoms with Crippen LogP contribution in [0.2, 0.25) is 0 Å². The van der Waals surface area contributed by atoms with Gasteiger partial charge in [0.2, 0.25) is 6.79 Å². The average molecular weight is 418 g/mol. The van der Waals surface area contributed by atoms with Crippen LogP contribution >= 0.6 is 0 Å². The molecular formula is C26H27NO4. The number of anilines is 2. The van der Waals surface area contributed by atoms with Crippen LogP contribution in [-0.4, -0.2) is 18.4 Å². The lowest BCUT2D eigenvalue weighted by Crippen LogP contribution is -2.24. The highest BCUT2D eigenvalue weighted by atomic mass is 16.7. The first-order valence-corrected chi connectivity index (χ1v) is 10.4. The molecule has 0 bridgehead atoms. The third-order valence-electron chi connectivity index (χ3n) is 4.90. The quantitative estimate of drug-likeness (QED) is 0.506. The number of esters is 1. The van der Waals surface area contributed by atoms with E-state index in [1.165, 1.54) is 5.56 Å². The third kappa shape index (κ3) is 5.37. The molecule has 5 heteroatoms. The zero-order chi connectivity index (χ0) is 21.8. The van der Waals surface area contributed by atoms with Crippen molar-refractivity contribution in [3.05, 3.63) is 83.4 Å². The van der Waals surface area contributed by atoms with Gasteiger partial charge in [0.25, 0.3) is 0 Å². The van der Waals surface area contributed by atoms with Gasteiger partial charge in [-0.05, 0) is 69.0 Å². The molecule has 0 unspecified atom stereocenters. The number of benzene rings is 3. The lowest BCUT2D eigenvalue weighted by Gasteiger charge is -2.21. The number of ether oxygens (including phenoxy) is 3. The SMILES string of the molecule is CC(C)(C)OC(=O)c1ccc(CCc2ccccc2)cc1Nc1ccc2c(c1)OCO2.